The first kappa shape index (κ1) is 20.2. The van der Waals surface area contributed by atoms with Crippen LogP contribution in [0.15, 0.2) is 103 Å². The highest BCUT2D eigenvalue weighted by atomic mass is 16.1. The molecule has 1 fully saturated rings. The van der Waals surface area contributed by atoms with Crippen molar-refractivity contribution in [2.75, 3.05) is 5.32 Å². The van der Waals surface area contributed by atoms with E-state index < -0.39 is 0 Å². The summed E-state index contributed by atoms with van der Waals surface area (Å²) in [6.07, 6.45) is 4.83. The largest absolute Gasteiger partial charge is 0.322 e. The van der Waals surface area contributed by atoms with Gasteiger partial charge in [0.1, 0.15) is 0 Å². The molecule has 32 heavy (non-hydrogen) atoms. The van der Waals surface area contributed by atoms with Gasteiger partial charge in [0.05, 0.1) is 0 Å². The Hall–Kier alpha value is -3.76. The number of carbonyl (C=O) groups is 1. The molecule has 0 bridgehead atoms. The number of anilines is 1. The van der Waals surface area contributed by atoms with Crippen molar-refractivity contribution in [3.63, 3.8) is 0 Å². The Morgan fingerprint density at radius 3 is 2.31 bits per heavy atom. The molecular weight excluding hydrogens is 394 g/mol. The van der Waals surface area contributed by atoms with Crippen LogP contribution in [0.3, 0.4) is 0 Å². The van der Waals surface area contributed by atoms with Gasteiger partial charge in [0, 0.05) is 42.1 Å². The summed E-state index contributed by atoms with van der Waals surface area (Å²) in [5.41, 5.74) is 6.21. The molecule has 0 aliphatic heterocycles. The molecule has 1 aromatic heterocycles. The Morgan fingerprint density at radius 2 is 1.59 bits per heavy atom. The minimum Gasteiger partial charge on any atom is -0.322 e. The van der Waals surface area contributed by atoms with Gasteiger partial charge in [-0.15, -0.1) is 0 Å². The Balaban J connectivity index is 1.15. The van der Waals surface area contributed by atoms with Crippen molar-refractivity contribution < 1.29 is 4.79 Å². The molecule has 0 spiro atoms. The summed E-state index contributed by atoms with van der Waals surface area (Å²) >= 11 is 0. The maximum absolute atomic E-state index is 12.6. The molecule has 1 aliphatic carbocycles. The molecule has 2 unspecified atom stereocenters. The van der Waals surface area contributed by atoms with E-state index in [-0.39, 0.29) is 5.91 Å². The summed E-state index contributed by atoms with van der Waals surface area (Å²) in [6, 6.07) is 30.6. The third-order valence-electron chi connectivity index (χ3n) is 5.93. The smallest absolute Gasteiger partial charge is 0.255 e. The van der Waals surface area contributed by atoms with Gasteiger partial charge in [0.25, 0.3) is 5.91 Å². The van der Waals surface area contributed by atoms with Crippen LogP contribution >= 0.6 is 0 Å². The number of benzene rings is 3. The predicted molar refractivity (Wildman–Crippen MR) is 128 cm³/mol. The van der Waals surface area contributed by atoms with Crippen molar-refractivity contribution >= 4 is 11.6 Å². The molecule has 1 amide bonds. The quantitative estimate of drug-likeness (QED) is 0.407. The number of rotatable bonds is 7. The lowest BCUT2D eigenvalue weighted by atomic mass is 10.0. The molecule has 1 saturated carbocycles. The number of pyridine rings is 1. The van der Waals surface area contributed by atoms with Gasteiger partial charge in [-0.1, -0.05) is 60.7 Å². The van der Waals surface area contributed by atoms with Crippen molar-refractivity contribution in [3.05, 3.63) is 120 Å². The SMILES string of the molecule is O=C(Nc1ccc(C2CC2NCc2cccnc2)cc1)c1ccc(-c2ccccc2)cc1. The first-order valence-electron chi connectivity index (χ1n) is 11.0. The first-order chi connectivity index (χ1) is 15.8. The first-order valence-corrected chi connectivity index (χ1v) is 11.0. The van der Waals surface area contributed by atoms with Gasteiger partial charge < -0.3 is 10.6 Å². The number of carbonyl (C=O) groups excluding carboxylic acids is 1. The fourth-order valence-corrected chi connectivity index (χ4v) is 4.00. The van der Waals surface area contributed by atoms with Crippen molar-refractivity contribution in [1.82, 2.24) is 10.3 Å². The molecular formula is C28H25N3O. The van der Waals surface area contributed by atoms with Gasteiger partial charge in [0.15, 0.2) is 0 Å². The molecule has 4 aromatic rings. The molecule has 0 saturated heterocycles. The molecule has 158 valence electrons. The van der Waals surface area contributed by atoms with Crippen LogP contribution in [0, 0.1) is 0 Å². The number of hydrogen-bond acceptors (Lipinski definition) is 3. The minimum absolute atomic E-state index is 0.0974. The molecule has 0 radical (unpaired) electrons. The van der Waals surface area contributed by atoms with Gasteiger partial charge in [-0.2, -0.15) is 0 Å². The molecule has 1 aliphatic rings. The summed E-state index contributed by atoms with van der Waals surface area (Å²) in [5.74, 6) is 0.432. The number of aromatic nitrogens is 1. The van der Waals surface area contributed by atoms with Crippen molar-refractivity contribution in [2.45, 2.75) is 24.9 Å². The summed E-state index contributed by atoms with van der Waals surface area (Å²) in [7, 11) is 0. The highest BCUT2D eigenvalue weighted by molar-refractivity contribution is 6.04. The Kier molecular flexibility index (Phi) is 5.77. The van der Waals surface area contributed by atoms with Crippen LogP contribution in [-0.4, -0.2) is 16.9 Å². The van der Waals surface area contributed by atoms with Crippen molar-refractivity contribution in [3.8, 4) is 11.1 Å². The van der Waals surface area contributed by atoms with Gasteiger partial charge in [0.2, 0.25) is 0 Å². The Labute approximate surface area is 188 Å². The number of amides is 1. The Morgan fingerprint density at radius 1 is 0.844 bits per heavy atom. The topological polar surface area (TPSA) is 54.0 Å². The monoisotopic (exact) mass is 419 g/mol. The highest BCUT2D eigenvalue weighted by Crippen LogP contribution is 2.41. The summed E-state index contributed by atoms with van der Waals surface area (Å²) in [4.78, 5) is 16.8. The second-order valence-electron chi connectivity index (χ2n) is 8.21. The lowest BCUT2D eigenvalue weighted by molar-refractivity contribution is 0.102. The fraction of sp³-hybridized carbons (Fsp3) is 0.143. The van der Waals surface area contributed by atoms with Crippen LogP contribution in [0.4, 0.5) is 5.69 Å². The average Bonchev–Trinajstić information content (AvgIpc) is 3.64. The van der Waals surface area contributed by atoms with Crippen LogP contribution in [0.2, 0.25) is 0 Å². The van der Waals surface area contributed by atoms with E-state index in [1.165, 1.54) is 11.1 Å². The number of hydrogen-bond donors (Lipinski definition) is 2. The zero-order valence-electron chi connectivity index (χ0n) is 17.7. The van der Waals surface area contributed by atoms with Crippen LogP contribution in [0.1, 0.15) is 33.8 Å². The lowest BCUT2D eigenvalue weighted by Gasteiger charge is -2.08. The second-order valence-corrected chi connectivity index (χ2v) is 8.21. The van der Waals surface area contributed by atoms with E-state index in [0.717, 1.165) is 29.8 Å². The standard InChI is InChI=1S/C28H25N3O/c32-28(24-10-8-22(9-11-24)21-6-2-1-3-7-21)31-25-14-12-23(13-15-25)26-17-27(26)30-19-20-5-4-16-29-18-20/h1-16,18,26-27,30H,17,19H2,(H,31,32). The summed E-state index contributed by atoms with van der Waals surface area (Å²) in [5, 5.41) is 6.60. The third kappa shape index (κ3) is 4.76. The average molecular weight is 420 g/mol. The predicted octanol–water partition coefficient (Wildman–Crippen LogP) is 5.65. The molecule has 2 atom stereocenters. The number of nitrogens with one attached hydrogen (secondary N) is 2. The normalized spacial score (nSPS) is 17.0. The summed E-state index contributed by atoms with van der Waals surface area (Å²) < 4.78 is 0. The van der Waals surface area contributed by atoms with Gasteiger partial charge in [-0.25, -0.2) is 0 Å². The van der Waals surface area contributed by atoms with E-state index in [1.807, 2.05) is 66.9 Å². The van der Waals surface area contributed by atoms with E-state index >= 15 is 0 Å². The number of nitrogens with zero attached hydrogens (tertiary/aromatic N) is 1. The van der Waals surface area contributed by atoms with E-state index in [0.29, 0.717) is 17.5 Å². The van der Waals surface area contributed by atoms with E-state index in [9.17, 15) is 4.79 Å². The van der Waals surface area contributed by atoms with Crippen LogP contribution in [0.5, 0.6) is 0 Å². The van der Waals surface area contributed by atoms with Crippen molar-refractivity contribution in [2.24, 2.45) is 0 Å². The zero-order valence-corrected chi connectivity index (χ0v) is 17.7. The maximum Gasteiger partial charge on any atom is 0.255 e. The Bertz CT molecular complexity index is 1170. The van der Waals surface area contributed by atoms with Crippen molar-refractivity contribution in [1.29, 1.82) is 0 Å². The molecule has 4 nitrogen and oxygen atoms in total. The molecule has 4 heteroatoms. The lowest BCUT2D eigenvalue weighted by Crippen LogP contribution is -2.17. The maximum atomic E-state index is 12.6. The van der Waals surface area contributed by atoms with Gasteiger partial charge in [-0.05, 0) is 59.0 Å². The molecule has 5 rings (SSSR count). The van der Waals surface area contributed by atoms with Gasteiger partial charge in [-0.3, -0.25) is 9.78 Å². The third-order valence-corrected chi connectivity index (χ3v) is 5.93. The minimum atomic E-state index is -0.0974. The van der Waals surface area contributed by atoms with E-state index in [2.05, 4.69) is 45.9 Å². The van der Waals surface area contributed by atoms with E-state index in [4.69, 9.17) is 0 Å². The molecule has 1 heterocycles. The van der Waals surface area contributed by atoms with Crippen LogP contribution < -0.4 is 10.6 Å². The highest BCUT2D eigenvalue weighted by Gasteiger charge is 2.37. The van der Waals surface area contributed by atoms with Gasteiger partial charge >= 0.3 is 0 Å². The molecule has 2 N–H and O–H groups in total. The van der Waals surface area contributed by atoms with Crippen LogP contribution in [0.25, 0.3) is 11.1 Å². The summed E-state index contributed by atoms with van der Waals surface area (Å²) in [6.45, 7) is 0.839. The molecule has 3 aromatic carbocycles. The fourth-order valence-electron chi connectivity index (χ4n) is 4.00. The van der Waals surface area contributed by atoms with Crippen LogP contribution in [-0.2, 0) is 6.54 Å². The van der Waals surface area contributed by atoms with E-state index in [1.54, 1.807) is 6.20 Å². The zero-order chi connectivity index (χ0) is 21.8. The second kappa shape index (κ2) is 9.16.